The molecule has 0 radical (unpaired) electrons. The first kappa shape index (κ1) is 27.9. The number of likely N-dealkylation sites (N-methyl/N-ethyl adjacent to an activating group) is 1. The average molecular weight is 482 g/mol. The Morgan fingerprint density at radius 1 is 0.971 bits per heavy atom. The summed E-state index contributed by atoms with van der Waals surface area (Å²) in [6, 6.07) is 9.46. The van der Waals surface area contributed by atoms with E-state index < -0.39 is 0 Å². The number of benzene rings is 2. The average Bonchev–Trinajstić information content (AvgIpc) is 2.75. The first-order valence-corrected chi connectivity index (χ1v) is 11.9. The number of anilines is 2. The van der Waals surface area contributed by atoms with Gasteiger partial charge in [-0.3, -0.25) is 14.4 Å². The van der Waals surface area contributed by atoms with Gasteiger partial charge in [0.2, 0.25) is 17.7 Å². The standard InChI is InChI=1S/C28H39N3O4/c1-10-25(33)31(21-13-18(2)27(35-9)19(3)14-21)17-24(32)29-23-15-20(16-26(34)30(7)8)11-12-22(23)28(4,5)6/h11-15H,10,16-17H2,1-9H3,(H,29,32). The van der Waals surface area contributed by atoms with Gasteiger partial charge in [-0.2, -0.15) is 0 Å². The van der Waals surface area contributed by atoms with Crippen molar-refractivity contribution in [2.45, 2.75) is 59.8 Å². The highest BCUT2D eigenvalue weighted by Crippen LogP contribution is 2.32. The molecular formula is C28H39N3O4. The summed E-state index contributed by atoms with van der Waals surface area (Å²) in [6.45, 7) is 11.7. The van der Waals surface area contributed by atoms with Crippen molar-refractivity contribution in [3.8, 4) is 5.75 Å². The molecular weight excluding hydrogens is 442 g/mol. The van der Waals surface area contributed by atoms with E-state index in [-0.39, 0.29) is 42.5 Å². The van der Waals surface area contributed by atoms with Gasteiger partial charge in [0.15, 0.2) is 0 Å². The fraction of sp³-hybridized carbons (Fsp3) is 0.464. The van der Waals surface area contributed by atoms with Gasteiger partial charge < -0.3 is 19.9 Å². The van der Waals surface area contributed by atoms with Gasteiger partial charge in [-0.25, -0.2) is 0 Å². The van der Waals surface area contributed by atoms with Crippen LogP contribution in [0.1, 0.15) is 56.4 Å². The van der Waals surface area contributed by atoms with Crippen LogP contribution in [0, 0.1) is 13.8 Å². The van der Waals surface area contributed by atoms with Crippen molar-refractivity contribution in [2.24, 2.45) is 0 Å². The number of carbonyl (C=O) groups excluding carboxylic acids is 3. The maximum Gasteiger partial charge on any atom is 0.244 e. The van der Waals surface area contributed by atoms with E-state index in [0.717, 1.165) is 28.0 Å². The van der Waals surface area contributed by atoms with Gasteiger partial charge in [0.1, 0.15) is 12.3 Å². The van der Waals surface area contributed by atoms with Crippen LogP contribution in [0.2, 0.25) is 0 Å². The molecule has 0 bridgehead atoms. The zero-order chi connectivity index (χ0) is 26.5. The molecule has 0 unspecified atom stereocenters. The predicted octanol–water partition coefficient (Wildman–Crippen LogP) is 4.62. The minimum atomic E-state index is -0.306. The molecule has 3 amide bonds. The highest BCUT2D eigenvalue weighted by atomic mass is 16.5. The summed E-state index contributed by atoms with van der Waals surface area (Å²) >= 11 is 0. The summed E-state index contributed by atoms with van der Waals surface area (Å²) in [5, 5.41) is 3.01. The van der Waals surface area contributed by atoms with Crippen LogP contribution < -0.4 is 15.0 Å². The lowest BCUT2D eigenvalue weighted by atomic mass is 9.85. The zero-order valence-corrected chi connectivity index (χ0v) is 22.5. The van der Waals surface area contributed by atoms with E-state index in [1.807, 2.05) is 44.2 Å². The minimum absolute atomic E-state index is 0.0178. The third-order valence-corrected chi connectivity index (χ3v) is 5.89. The zero-order valence-electron chi connectivity index (χ0n) is 22.5. The Bertz CT molecular complexity index is 1080. The molecule has 7 nitrogen and oxygen atoms in total. The van der Waals surface area contributed by atoms with Gasteiger partial charge in [0.25, 0.3) is 0 Å². The van der Waals surface area contributed by atoms with Gasteiger partial charge in [-0.15, -0.1) is 0 Å². The van der Waals surface area contributed by atoms with E-state index in [9.17, 15) is 14.4 Å². The molecule has 1 N–H and O–H groups in total. The molecule has 0 aliphatic carbocycles. The van der Waals surface area contributed by atoms with Crippen molar-refractivity contribution in [2.75, 3.05) is 38.0 Å². The molecule has 0 heterocycles. The topological polar surface area (TPSA) is 79.0 Å². The number of ether oxygens (including phenoxy) is 1. The summed E-state index contributed by atoms with van der Waals surface area (Å²) in [5.41, 5.74) is 4.64. The van der Waals surface area contributed by atoms with Crippen molar-refractivity contribution >= 4 is 29.1 Å². The fourth-order valence-electron chi connectivity index (χ4n) is 4.04. The second-order valence-electron chi connectivity index (χ2n) is 10.1. The lowest BCUT2D eigenvalue weighted by molar-refractivity contribution is -0.128. The molecule has 0 atom stereocenters. The van der Waals surface area contributed by atoms with Crippen molar-refractivity contribution in [3.63, 3.8) is 0 Å². The second-order valence-corrected chi connectivity index (χ2v) is 10.1. The summed E-state index contributed by atoms with van der Waals surface area (Å²) < 4.78 is 5.45. The van der Waals surface area contributed by atoms with Crippen molar-refractivity contribution in [1.82, 2.24) is 4.90 Å². The van der Waals surface area contributed by atoms with Crippen LogP contribution in [0.3, 0.4) is 0 Å². The number of hydrogen-bond donors (Lipinski definition) is 1. The molecule has 35 heavy (non-hydrogen) atoms. The van der Waals surface area contributed by atoms with Crippen LogP contribution in [-0.4, -0.2) is 50.4 Å². The highest BCUT2D eigenvalue weighted by Gasteiger charge is 2.23. The van der Waals surface area contributed by atoms with Crippen molar-refractivity contribution < 1.29 is 19.1 Å². The molecule has 0 aliphatic heterocycles. The first-order valence-electron chi connectivity index (χ1n) is 11.9. The van der Waals surface area contributed by atoms with Crippen LogP contribution >= 0.6 is 0 Å². The number of nitrogens with zero attached hydrogens (tertiary/aromatic N) is 2. The van der Waals surface area contributed by atoms with E-state index in [1.54, 1.807) is 33.0 Å². The summed E-state index contributed by atoms with van der Waals surface area (Å²) in [6.07, 6.45) is 0.512. The SMILES string of the molecule is CCC(=O)N(CC(=O)Nc1cc(CC(=O)N(C)C)ccc1C(C)(C)C)c1cc(C)c(OC)c(C)c1. The first-order chi connectivity index (χ1) is 16.3. The summed E-state index contributed by atoms with van der Waals surface area (Å²) in [4.78, 5) is 41.3. The summed E-state index contributed by atoms with van der Waals surface area (Å²) in [5.74, 6) is 0.293. The Kier molecular flexibility index (Phi) is 9.07. The highest BCUT2D eigenvalue weighted by molar-refractivity contribution is 6.03. The number of nitrogens with one attached hydrogen (secondary N) is 1. The largest absolute Gasteiger partial charge is 0.496 e. The number of amides is 3. The Morgan fingerprint density at radius 2 is 1.57 bits per heavy atom. The molecule has 0 aromatic heterocycles. The molecule has 0 aliphatic rings. The normalized spacial score (nSPS) is 11.1. The van der Waals surface area contributed by atoms with Gasteiger partial charge >= 0.3 is 0 Å². The van der Waals surface area contributed by atoms with E-state index in [0.29, 0.717) is 11.4 Å². The summed E-state index contributed by atoms with van der Waals surface area (Å²) in [7, 11) is 5.05. The van der Waals surface area contributed by atoms with E-state index in [2.05, 4.69) is 26.1 Å². The van der Waals surface area contributed by atoms with Crippen LogP contribution in [0.15, 0.2) is 30.3 Å². The molecule has 2 aromatic carbocycles. The maximum atomic E-state index is 13.2. The lowest BCUT2D eigenvalue weighted by Crippen LogP contribution is -2.38. The predicted molar refractivity (Wildman–Crippen MR) is 141 cm³/mol. The quantitative estimate of drug-likeness (QED) is 0.597. The minimum Gasteiger partial charge on any atom is -0.496 e. The Hall–Kier alpha value is -3.35. The van der Waals surface area contributed by atoms with E-state index in [4.69, 9.17) is 4.74 Å². The van der Waals surface area contributed by atoms with Gasteiger partial charge in [-0.05, 0) is 59.7 Å². The Balaban J connectivity index is 2.38. The monoisotopic (exact) mass is 481 g/mol. The fourth-order valence-corrected chi connectivity index (χ4v) is 4.04. The van der Waals surface area contributed by atoms with Crippen LogP contribution in [0.4, 0.5) is 11.4 Å². The molecule has 0 spiro atoms. The van der Waals surface area contributed by atoms with E-state index >= 15 is 0 Å². The molecule has 190 valence electrons. The molecule has 2 aromatic rings. The number of aryl methyl sites for hydroxylation is 2. The lowest BCUT2D eigenvalue weighted by Gasteiger charge is -2.26. The molecule has 0 fully saturated rings. The van der Waals surface area contributed by atoms with Gasteiger partial charge in [0.05, 0.1) is 13.5 Å². The third-order valence-electron chi connectivity index (χ3n) is 5.89. The molecule has 0 saturated carbocycles. The van der Waals surface area contributed by atoms with Crippen molar-refractivity contribution in [1.29, 1.82) is 0 Å². The Labute approximate surface area is 209 Å². The van der Waals surface area contributed by atoms with E-state index in [1.165, 1.54) is 4.90 Å². The van der Waals surface area contributed by atoms with Crippen LogP contribution in [-0.2, 0) is 26.2 Å². The smallest absolute Gasteiger partial charge is 0.244 e. The van der Waals surface area contributed by atoms with Crippen LogP contribution in [0.5, 0.6) is 5.75 Å². The molecule has 0 saturated heterocycles. The molecule has 7 heteroatoms. The maximum absolute atomic E-state index is 13.2. The van der Waals surface area contributed by atoms with Crippen LogP contribution in [0.25, 0.3) is 0 Å². The third kappa shape index (κ3) is 7.07. The molecule has 2 rings (SSSR count). The number of hydrogen-bond acceptors (Lipinski definition) is 4. The van der Waals surface area contributed by atoms with Gasteiger partial charge in [0, 0.05) is 31.9 Å². The number of carbonyl (C=O) groups is 3. The van der Waals surface area contributed by atoms with Crippen molar-refractivity contribution in [3.05, 3.63) is 52.6 Å². The Morgan fingerprint density at radius 3 is 2.06 bits per heavy atom. The number of rotatable bonds is 8. The number of methoxy groups -OCH3 is 1. The van der Waals surface area contributed by atoms with Gasteiger partial charge in [-0.1, -0.05) is 39.8 Å². The second kappa shape index (κ2) is 11.4.